The Morgan fingerprint density at radius 2 is 2.00 bits per heavy atom. The van der Waals surface area contributed by atoms with Crippen molar-refractivity contribution in [1.82, 2.24) is 10.2 Å². The van der Waals surface area contributed by atoms with E-state index in [1.54, 1.807) is 6.07 Å². The number of piperidine rings is 1. The number of aryl methyl sites for hydroxylation is 1. The van der Waals surface area contributed by atoms with Crippen LogP contribution in [-0.4, -0.2) is 37.4 Å². The van der Waals surface area contributed by atoms with E-state index in [1.807, 2.05) is 20.0 Å². The Labute approximate surface area is 177 Å². The predicted molar refractivity (Wildman–Crippen MR) is 123 cm³/mol. The first-order chi connectivity index (χ1) is 14.1. The first-order valence-corrected chi connectivity index (χ1v) is 11.4. The Morgan fingerprint density at radius 3 is 2.66 bits per heavy atom. The molecule has 1 N–H and O–H groups in total. The number of likely N-dealkylation sites (tertiary alicyclic amines) is 1. The van der Waals surface area contributed by atoms with Gasteiger partial charge in [0.1, 0.15) is 11.7 Å². The van der Waals surface area contributed by atoms with E-state index in [-0.39, 0.29) is 5.82 Å². The fraction of sp³-hybridized carbons (Fsp3) is 0.640. The third kappa shape index (κ3) is 7.58. The van der Waals surface area contributed by atoms with E-state index < -0.39 is 0 Å². The molecule has 1 aromatic rings. The largest absolute Gasteiger partial charge is 0.335 e. The fourth-order valence-electron chi connectivity index (χ4n) is 4.10. The number of nitrogens with one attached hydrogen (secondary N) is 1. The Bertz CT molecular complexity index is 662. The minimum atomic E-state index is -0.0685. The molecule has 0 atom stereocenters. The summed E-state index contributed by atoms with van der Waals surface area (Å²) in [5, 5.41) is 3.32. The van der Waals surface area contributed by atoms with Gasteiger partial charge < -0.3 is 10.2 Å². The highest BCUT2D eigenvalue weighted by molar-refractivity contribution is 5.83. The van der Waals surface area contributed by atoms with Crippen LogP contribution < -0.4 is 5.32 Å². The van der Waals surface area contributed by atoms with E-state index >= 15 is 0 Å². The summed E-state index contributed by atoms with van der Waals surface area (Å²) in [5.74, 6) is 1.72. The number of allylic oxidation sites excluding steroid dienone is 1. The van der Waals surface area contributed by atoms with Crippen molar-refractivity contribution in [3.05, 3.63) is 47.4 Å². The van der Waals surface area contributed by atoms with Crippen LogP contribution in [0.25, 0.3) is 0 Å². The quantitative estimate of drug-likeness (QED) is 0.481. The normalized spacial score (nSPS) is 18.8. The molecule has 29 heavy (non-hydrogen) atoms. The van der Waals surface area contributed by atoms with Crippen molar-refractivity contribution in [2.24, 2.45) is 4.99 Å². The van der Waals surface area contributed by atoms with Gasteiger partial charge in [-0.2, -0.15) is 0 Å². The Balaban J connectivity index is 0.000000207. The van der Waals surface area contributed by atoms with Crippen LogP contribution >= 0.6 is 0 Å². The van der Waals surface area contributed by atoms with Gasteiger partial charge in [-0.3, -0.25) is 4.99 Å². The van der Waals surface area contributed by atoms with Crippen LogP contribution in [0.1, 0.15) is 81.8 Å². The maximum atomic E-state index is 13.3. The molecule has 0 aliphatic carbocycles. The van der Waals surface area contributed by atoms with Crippen LogP contribution in [0.3, 0.4) is 0 Å². The Kier molecular flexibility index (Phi) is 10.4. The highest BCUT2D eigenvalue weighted by atomic mass is 19.1. The van der Waals surface area contributed by atoms with Crippen LogP contribution in [-0.2, 0) is 0 Å². The van der Waals surface area contributed by atoms with Crippen LogP contribution in [0.4, 0.5) is 4.39 Å². The van der Waals surface area contributed by atoms with Crippen molar-refractivity contribution in [1.29, 1.82) is 0 Å². The van der Waals surface area contributed by atoms with Gasteiger partial charge in [0, 0.05) is 25.7 Å². The first kappa shape index (κ1) is 23.6. The third-order valence-corrected chi connectivity index (χ3v) is 6.06. The van der Waals surface area contributed by atoms with Crippen molar-refractivity contribution in [3.8, 4) is 0 Å². The van der Waals surface area contributed by atoms with Crippen molar-refractivity contribution in [2.45, 2.75) is 77.6 Å². The standard InChI is InChI=1S/C13H24N2.C12H16FN/c1-4-5-10-13(14-3)15-11-8-6-7-9-12(15)2;1-9-2-3-11(8-12(9)13)10-4-6-14-7-5-10/h2,4-11H2,1,3H3;2-3,8,10,14H,4-7H2,1H3. The maximum absolute atomic E-state index is 13.3. The lowest BCUT2D eigenvalue weighted by molar-refractivity contribution is 0.458. The topological polar surface area (TPSA) is 27.6 Å². The third-order valence-electron chi connectivity index (χ3n) is 6.06. The summed E-state index contributed by atoms with van der Waals surface area (Å²) in [6.07, 6.45) is 10.9. The molecule has 0 radical (unpaired) electrons. The number of aliphatic imine (C=N–C) groups is 1. The molecule has 0 spiro atoms. The van der Waals surface area contributed by atoms with Gasteiger partial charge in [-0.05, 0) is 81.6 Å². The minimum Gasteiger partial charge on any atom is -0.335 e. The molecular formula is C25H40FN3. The van der Waals surface area contributed by atoms with Gasteiger partial charge in [0.15, 0.2) is 0 Å². The van der Waals surface area contributed by atoms with Crippen LogP contribution in [0.5, 0.6) is 0 Å². The van der Waals surface area contributed by atoms with Crippen molar-refractivity contribution in [3.63, 3.8) is 0 Å². The van der Waals surface area contributed by atoms with Gasteiger partial charge in [-0.1, -0.05) is 38.5 Å². The zero-order valence-electron chi connectivity index (χ0n) is 18.8. The fourth-order valence-corrected chi connectivity index (χ4v) is 4.10. The molecule has 4 heteroatoms. The monoisotopic (exact) mass is 401 g/mol. The summed E-state index contributed by atoms with van der Waals surface area (Å²) in [6.45, 7) is 11.4. The summed E-state index contributed by atoms with van der Waals surface area (Å²) < 4.78 is 13.3. The molecule has 2 aliphatic heterocycles. The van der Waals surface area contributed by atoms with Gasteiger partial charge in [-0.25, -0.2) is 4.39 Å². The second-order valence-corrected chi connectivity index (χ2v) is 8.30. The number of hydrogen-bond donors (Lipinski definition) is 1. The average Bonchev–Trinajstić information content (AvgIpc) is 2.96. The molecule has 0 saturated carbocycles. The van der Waals surface area contributed by atoms with E-state index in [0.29, 0.717) is 5.92 Å². The van der Waals surface area contributed by atoms with Gasteiger partial charge in [0.2, 0.25) is 0 Å². The Morgan fingerprint density at radius 1 is 1.24 bits per heavy atom. The van der Waals surface area contributed by atoms with Crippen molar-refractivity contribution < 1.29 is 4.39 Å². The van der Waals surface area contributed by atoms with Crippen LogP contribution in [0.2, 0.25) is 0 Å². The lowest BCUT2D eigenvalue weighted by Crippen LogP contribution is -2.29. The molecule has 162 valence electrons. The van der Waals surface area contributed by atoms with E-state index in [1.165, 1.54) is 43.6 Å². The second kappa shape index (κ2) is 12.8. The molecule has 0 bridgehead atoms. The van der Waals surface area contributed by atoms with Crippen molar-refractivity contribution in [2.75, 3.05) is 26.7 Å². The summed E-state index contributed by atoms with van der Waals surface area (Å²) in [6, 6.07) is 5.65. The van der Waals surface area contributed by atoms with Gasteiger partial charge in [0.25, 0.3) is 0 Å². The van der Waals surface area contributed by atoms with E-state index in [2.05, 4.69) is 34.8 Å². The molecule has 0 amide bonds. The van der Waals surface area contributed by atoms with Crippen LogP contribution in [0, 0.1) is 12.7 Å². The highest BCUT2D eigenvalue weighted by Crippen LogP contribution is 2.26. The maximum Gasteiger partial charge on any atom is 0.126 e. The van der Waals surface area contributed by atoms with E-state index in [9.17, 15) is 4.39 Å². The summed E-state index contributed by atoms with van der Waals surface area (Å²) >= 11 is 0. The minimum absolute atomic E-state index is 0.0685. The number of nitrogens with zero attached hydrogens (tertiary/aromatic N) is 2. The molecule has 2 saturated heterocycles. The lowest BCUT2D eigenvalue weighted by Gasteiger charge is -2.26. The molecule has 3 rings (SSSR count). The zero-order valence-corrected chi connectivity index (χ0v) is 18.8. The molecule has 2 aliphatic rings. The van der Waals surface area contributed by atoms with Crippen molar-refractivity contribution >= 4 is 5.84 Å². The Hall–Kier alpha value is -1.68. The molecular weight excluding hydrogens is 361 g/mol. The number of halogens is 1. The van der Waals surface area contributed by atoms with E-state index in [4.69, 9.17) is 0 Å². The smallest absolute Gasteiger partial charge is 0.126 e. The summed E-state index contributed by atoms with van der Waals surface area (Å²) in [5.41, 5.74) is 3.17. The van der Waals surface area contributed by atoms with Gasteiger partial charge in [0.05, 0.1) is 0 Å². The molecule has 1 aromatic carbocycles. The molecule has 3 nitrogen and oxygen atoms in total. The van der Waals surface area contributed by atoms with Crippen LogP contribution in [0.15, 0.2) is 35.5 Å². The summed E-state index contributed by atoms with van der Waals surface area (Å²) in [7, 11) is 1.91. The number of unbranched alkanes of at least 4 members (excludes halogenated alkanes) is 1. The molecule has 2 heterocycles. The van der Waals surface area contributed by atoms with Gasteiger partial charge >= 0.3 is 0 Å². The zero-order chi connectivity index (χ0) is 21.1. The number of amidine groups is 1. The first-order valence-electron chi connectivity index (χ1n) is 11.4. The molecule has 0 unspecified atom stereocenters. The predicted octanol–water partition coefficient (Wildman–Crippen LogP) is 6.20. The number of benzene rings is 1. The number of hydrogen-bond acceptors (Lipinski definition) is 2. The lowest BCUT2D eigenvalue weighted by atomic mass is 9.90. The second-order valence-electron chi connectivity index (χ2n) is 8.30. The highest BCUT2D eigenvalue weighted by Gasteiger charge is 2.16. The average molecular weight is 402 g/mol. The van der Waals surface area contributed by atoms with Gasteiger partial charge in [-0.15, -0.1) is 0 Å². The van der Waals surface area contributed by atoms with E-state index in [0.717, 1.165) is 56.4 Å². The molecule has 2 fully saturated rings. The SMILES string of the molecule is C=C1CCCCCN1C(CCCC)=NC.Cc1ccc(C2CCNCC2)cc1F. The summed E-state index contributed by atoms with van der Waals surface area (Å²) in [4.78, 5) is 6.77. The number of rotatable bonds is 4. The molecule has 0 aromatic heterocycles.